The van der Waals surface area contributed by atoms with Crippen molar-refractivity contribution < 1.29 is 18.7 Å². The van der Waals surface area contributed by atoms with Crippen LogP contribution in [0.25, 0.3) is 11.6 Å². The summed E-state index contributed by atoms with van der Waals surface area (Å²) < 4.78 is 12.4. The molecule has 1 N–H and O–H groups in total. The van der Waals surface area contributed by atoms with Crippen molar-refractivity contribution in [3.8, 4) is 11.6 Å². The van der Waals surface area contributed by atoms with E-state index >= 15 is 0 Å². The van der Waals surface area contributed by atoms with Gasteiger partial charge in [-0.25, -0.2) is 0 Å². The summed E-state index contributed by atoms with van der Waals surface area (Å²) in [5, 5.41) is 11.6. The number of ether oxygens (including phenoxy) is 1. The minimum atomic E-state index is -0.795. The first-order chi connectivity index (χ1) is 12.1. The van der Waals surface area contributed by atoms with E-state index in [1.54, 1.807) is 25.3 Å². The van der Waals surface area contributed by atoms with Gasteiger partial charge in [-0.1, -0.05) is 11.8 Å². The Hall–Kier alpha value is -2.29. The Balaban J connectivity index is 1.54. The molecule has 1 atom stereocenters. The van der Waals surface area contributed by atoms with E-state index in [-0.39, 0.29) is 17.7 Å². The average molecular weight is 364 g/mol. The van der Waals surface area contributed by atoms with Gasteiger partial charge < -0.3 is 14.5 Å². The number of nitrogens with zero attached hydrogens (tertiary/aromatic N) is 3. The van der Waals surface area contributed by atoms with Crippen LogP contribution in [-0.2, 0) is 20.9 Å². The highest BCUT2D eigenvalue weighted by Gasteiger charge is 2.27. The van der Waals surface area contributed by atoms with Crippen LogP contribution in [0, 0.1) is 0 Å². The summed E-state index contributed by atoms with van der Waals surface area (Å²) in [6, 6.07) is 3.83. The molecule has 1 aliphatic rings. The molecule has 134 valence electrons. The highest BCUT2D eigenvalue weighted by molar-refractivity contribution is 7.99. The van der Waals surface area contributed by atoms with E-state index in [4.69, 9.17) is 9.15 Å². The third kappa shape index (κ3) is 4.41. The Morgan fingerprint density at radius 2 is 2.28 bits per heavy atom. The number of furan rings is 1. The van der Waals surface area contributed by atoms with Crippen LogP contribution >= 0.6 is 11.8 Å². The minimum Gasteiger partial charge on any atom is -0.461 e. The van der Waals surface area contributed by atoms with Gasteiger partial charge in [-0.05, 0) is 38.8 Å². The summed E-state index contributed by atoms with van der Waals surface area (Å²) in [7, 11) is 0. The van der Waals surface area contributed by atoms with Gasteiger partial charge in [-0.3, -0.25) is 14.2 Å². The summed E-state index contributed by atoms with van der Waals surface area (Å²) >= 11 is 1.22. The fourth-order valence-electron chi connectivity index (χ4n) is 2.22. The molecule has 0 aliphatic heterocycles. The van der Waals surface area contributed by atoms with Gasteiger partial charge in [0.25, 0.3) is 5.91 Å². The van der Waals surface area contributed by atoms with Crippen LogP contribution < -0.4 is 5.32 Å². The number of esters is 1. The lowest BCUT2D eigenvalue weighted by Gasteiger charge is -2.13. The first-order valence-corrected chi connectivity index (χ1v) is 9.16. The zero-order valence-electron chi connectivity index (χ0n) is 14.1. The predicted octanol–water partition coefficient (Wildman–Crippen LogP) is 1.86. The molecule has 2 aromatic heterocycles. The number of carbonyl (C=O) groups is 2. The normalized spacial score (nSPS) is 15.0. The molecule has 1 fully saturated rings. The van der Waals surface area contributed by atoms with E-state index in [9.17, 15) is 9.59 Å². The second-order valence-electron chi connectivity index (χ2n) is 5.73. The van der Waals surface area contributed by atoms with Crippen LogP contribution in [-0.4, -0.2) is 44.5 Å². The van der Waals surface area contributed by atoms with E-state index < -0.39 is 12.1 Å². The zero-order chi connectivity index (χ0) is 17.8. The molecule has 25 heavy (non-hydrogen) atoms. The first kappa shape index (κ1) is 17.5. The zero-order valence-corrected chi connectivity index (χ0v) is 14.9. The SMILES string of the molecule is CCn1c(SCC(=O)O[C@@H](C)C(=O)NC2CC2)nnc1-c1ccco1. The number of hydrogen-bond donors (Lipinski definition) is 1. The summed E-state index contributed by atoms with van der Waals surface area (Å²) in [6.07, 6.45) is 2.76. The molecule has 1 amide bonds. The van der Waals surface area contributed by atoms with E-state index in [2.05, 4.69) is 15.5 Å². The largest absolute Gasteiger partial charge is 0.461 e. The van der Waals surface area contributed by atoms with Crippen LogP contribution in [0.1, 0.15) is 26.7 Å². The monoisotopic (exact) mass is 364 g/mol. The van der Waals surface area contributed by atoms with Crippen LogP contribution in [0.2, 0.25) is 0 Å². The van der Waals surface area contributed by atoms with Crippen molar-refractivity contribution in [1.29, 1.82) is 0 Å². The summed E-state index contributed by atoms with van der Waals surface area (Å²) in [5.41, 5.74) is 0. The second-order valence-corrected chi connectivity index (χ2v) is 6.67. The van der Waals surface area contributed by atoms with Gasteiger partial charge >= 0.3 is 5.97 Å². The van der Waals surface area contributed by atoms with E-state index in [0.29, 0.717) is 23.3 Å². The maximum Gasteiger partial charge on any atom is 0.317 e. The first-order valence-electron chi connectivity index (χ1n) is 8.18. The van der Waals surface area contributed by atoms with Gasteiger partial charge in [0.05, 0.1) is 12.0 Å². The van der Waals surface area contributed by atoms with Gasteiger partial charge in [0, 0.05) is 12.6 Å². The number of carbonyl (C=O) groups excluding carboxylic acids is 2. The van der Waals surface area contributed by atoms with Crippen molar-refractivity contribution in [2.75, 3.05) is 5.75 Å². The lowest BCUT2D eigenvalue weighted by atomic mass is 10.3. The van der Waals surface area contributed by atoms with Crippen molar-refractivity contribution >= 4 is 23.6 Å². The van der Waals surface area contributed by atoms with E-state index in [1.165, 1.54) is 11.8 Å². The van der Waals surface area contributed by atoms with Gasteiger partial charge in [0.2, 0.25) is 0 Å². The molecule has 9 heteroatoms. The fourth-order valence-corrected chi connectivity index (χ4v) is 3.01. The van der Waals surface area contributed by atoms with Crippen molar-refractivity contribution in [2.24, 2.45) is 0 Å². The topological polar surface area (TPSA) is 99.2 Å². The molecular formula is C16H20N4O4S. The third-order valence-electron chi connectivity index (χ3n) is 3.69. The molecular weight excluding hydrogens is 344 g/mol. The standard InChI is InChI=1S/C16H20N4O4S/c1-3-20-14(12-5-4-8-23-12)18-19-16(20)25-9-13(21)24-10(2)15(22)17-11-6-7-11/h4-5,8,10-11H,3,6-7,9H2,1-2H3,(H,17,22)/t10-/m0/s1. The van der Waals surface area contributed by atoms with Crippen LogP contribution in [0.15, 0.2) is 28.0 Å². The fraction of sp³-hybridized carbons (Fsp3) is 0.500. The molecule has 0 unspecified atom stereocenters. The van der Waals surface area contributed by atoms with Gasteiger partial charge in [0.15, 0.2) is 22.8 Å². The number of rotatable bonds is 8. The Kier molecular flexibility index (Phi) is 5.42. The van der Waals surface area contributed by atoms with Gasteiger partial charge in [-0.2, -0.15) is 0 Å². The maximum absolute atomic E-state index is 12.0. The number of thioether (sulfide) groups is 1. The van der Waals surface area contributed by atoms with Crippen molar-refractivity contribution in [2.45, 2.75) is 50.5 Å². The molecule has 1 aliphatic carbocycles. The maximum atomic E-state index is 12.0. The molecule has 0 bridgehead atoms. The Labute approximate surface area is 149 Å². The lowest BCUT2D eigenvalue weighted by molar-refractivity contribution is -0.152. The molecule has 2 aromatic rings. The number of hydrogen-bond acceptors (Lipinski definition) is 7. The average Bonchev–Trinajstić information content (AvgIpc) is 3.10. The van der Waals surface area contributed by atoms with Gasteiger partial charge in [0.1, 0.15) is 0 Å². The van der Waals surface area contributed by atoms with Gasteiger partial charge in [-0.15, -0.1) is 10.2 Å². The predicted molar refractivity (Wildman–Crippen MR) is 90.8 cm³/mol. The second kappa shape index (κ2) is 7.73. The molecule has 0 aromatic carbocycles. The van der Waals surface area contributed by atoms with Crippen LogP contribution in [0.4, 0.5) is 0 Å². The summed E-state index contributed by atoms with van der Waals surface area (Å²) in [5.74, 6) is 0.568. The molecule has 0 spiro atoms. The lowest BCUT2D eigenvalue weighted by Crippen LogP contribution is -2.37. The Bertz CT molecular complexity index is 739. The van der Waals surface area contributed by atoms with E-state index in [1.807, 2.05) is 11.5 Å². The molecule has 2 heterocycles. The molecule has 0 saturated heterocycles. The molecule has 8 nitrogen and oxygen atoms in total. The van der Waals surface area contributed by atoms with Crippen LogP contribution in [0.3, 0.4) is 0 Å². The highest BCUT2D eigenvalue weighted by Crippen LogP contribution is 2.24. The summed E-state index contributed by atoms with van der Waals surface area (Å²) in [4.78, 5) is 23.8. The Morgan fingerprint density at radius 3 is 2.92 bits per heavy atom. The van der Waals surface area contributed by atoms with E-state index in [0.717, 1.165) is 12.8 Å². The Morgan fingerprint density at radius 1 is 1.48 bits per heavy atom. The van der Waals surface area contributed by atoms with Crippen molar-refractivity contribution in [1.82, 2.24) is 20.1 Å². The van der Waals surface area contributed by atoms with Crippen molar-refractivity contribution in [3.05, 3.63) is 18.4 Å². The molecule has 1 saturated carbocycles. The number of nitrogens with one attached hydrogen (secondary N) is 1. The quantitative estimate of drug-likeness (QED) is 0.564. The highest BCUT2D eigenvalue weighted by atomic mass is 32.2. The molecule has 3 rings (SSSR count). The number of amides is 1. The number of aromatic nitrogens is 3. The van der Waals surface area contributed by atoms with Crippen LogP contribution in [0.5, 0.6) is 0 Å². The smallest absolute Gasteiger partial charge is 0.317 e. The van der Waals surface area contributed by atoms with Crippen molar-refractivity contribution in [3.63, 3.8) is 0 Å². The summed E-state index contributed by atoms with van der Waals surface area (Å²) in [6.45, 7) is 4.17. The minimum absolute atomic E-state index is 0.0529. The molecule has 0 radical (unpaired) electrons. The third-order valence-corrected chi connectivity index (χ3v) is 4.64.